The zero-order valence-corrected chi connectivity index (χ0v) is 11.5. The van der Waals surface area contributed by atoms with E-state index in [0.717, 1.165) is 25.2 Å². The lowest BCUT2D eigenvalue weighted by molar-refractivity contribution is 0.597. The standard InChI is InChI=1S/C13H20N2O2S/c1-14-11-12-5-2-3-6-13(12)15-7-4-9-18(16,17)10-8-15/h2-3,5-6,14H,4,7-11H2,1H3. The third-order valence-electron chi connectivity index (χ3n) is 3.26. The van der Waals surface area contributed by atoms with Gasteiger partial charge in [-0.25, -0.2) is 8.42 Å². The molecule has 1 aliphatic heterocycles. The van der Waals surface area contributed by atoms with Gasteiger partial charge in [0.2, 0.25) is 0 Å². The summed E-state index contributed by atoms with van der Waals surface area (Å²) < 4.78 is 23.2. The fourth-order valence-electron chi connectivity index (χ4n) is 2.34. The van der Waals surface area contributed by atoms with Gasteiger partial charge >= 0.3 is 0 Å². The van der Waals surface area contributed by atoms with E-state index in [-0.39, 0.29) is 5.75 Å². The molecule has 0 bridgehead atoms. The van der Waals surface area contributed by atoms with Crippen LogP contribution in [0.5, 0.6) is 0 Å². The van der Waals surface area contributed by atoms with Crippen LogP contribution in [0.3, 0.4) is 0 Å². The first-order valence-electron chi connectivity index (χ1n) is 6.30. The number of para-hydroxylation sites is 1. The minimum atomic E-state index is -2.84. The van der Waals surface area contributed by atoms with Crippen molar-refractivity contribution in [3.05, 3.63) is 29.8 Å². The van der Waals surface area contributed by atoms with E-state index in [1.165, 1.54) is 5.56 Å². The molecule has 100 valence electrons. The first-order chi connectivity index (χ1) is 8.62. The van der Waals surface area contributed by atoms with Crippen LogP contribution in [0.2, 0.25) is 0 Å². The van der Waals surface area contributed by atoms with Crippen molar-refractivity contribution in [3.8, 4) is 0 Å². The molecule has 1 saturated heterocycles. The topological polar surface area (TPSA) is 49.4 Å². The Bertz CT molecular complexity index is 499. The zero-order chi connectivity index (χ0) is 13.0. The zero-order valence-electron chi connectivity index (χ0n) is 10.7. The van der Waals surface area contributed by atoms with Gasteiger partial charge in [0, 0.05) is 25.3 Å². The summed E-state index contributed by atoms with van der Waals surface area (Å²) in [5.74, 6) is 0.582. The summed E-state index contributed by atoms with van der Waals surface area (Å²) in [5, 5.41) is 3.15. The Hall–Kier alpha value is -1.07. The Balaban J connectivity index is 2.20. The highest BCUT2D eigenvalue weighted by molar-refractivity contribution is 7.91. The summed E-state index contributed by atoms with van der Waals surface area (Å²) in [4.78, 5) is 2.19. The first-order valence-corrected chi connectivity index (χ1v) is 8.12. The number of nitrogens with zero attached hydrogens (tertiary/aromatic N) is 1. The van der Waals surface area contributed by atoms with E-state index in [9.17, 15) is 8.42 Å². The summed E-state index contributed by atoms with van der Waals surface area (Å²) in [7, 11) is -0.922. The van der Waals surface area contributed by atoms with Gasteiger partial charge in [0.15, 0.2) is 9.84 Å². The van der Waals surface area contributed by atoms with E-state index in [1.807, 2.05) is 19.2 Å². The molecule has 1 aromatic rings. The maximum absolute atomic E-state index is 11.6. The average molecular weight is 268 g/mol. The summed E-state index contributed by atoms with van der Waals surface area (Å²) in [6, 6.07) is 8.19. The van der Waals surface area contributed by atoms with E-state index < -0.39 is 9.84 Å². The van der Waals surface area contributed by atoms with Crippen molar-refractivity contribution < 1.29 is 8.42 Å². The highest BCUT2D eigenvalue weighted by Gasteiger charge is 2.20. The lowest BCUT2D eigenvalue weighted by Gasteiger charge is -2.25. The molecule has 1 heterocycles. The van der Waals surface area contributed by atoms with E-state index in [1.54, 1.807) is 0 Å². The van der Waals surface area contributed by atoms with Crippen LogP contribution < -0.4 is 10.2 Å². The molecule has 0 spiro atoms. The smallest absolute Gasteiger partial charge is 0.152 e. The molecule has 1 aromatic carbocycles. The van der Waals surface area contributed by atoms with Gasteiger partial charge in [-0.15, -0.1) is 0 Å². The SMILES string of the molecule is CNCc1ccccc1N1CCCS(=O)(=O)CC1. The van der Waals surface area contributed by atoms with Crippen molar-refractivity contribution in [3.63, 3.8) is 0 Å². The molecule has 5 heteroatoms. The average Bonchev–Trinajstić information content (AvgIpc) is 2.52. The summed E-state index contributed by atoms with van der Waals surface area (Å²) >= 11 is 0. The molecule has 0 radical (unpaired) electrons. The van der Waals surface area contributed by atoms with E-state index in [0.29, 0.717) is 12.3 Å². The van der Waals surface area contributed by atoms with Crippen LogP contribution in [0.25, 0.3) is 0 Å². The number of nitrogens with one attached hydrogen (secondary N) is 1. The van der Waals surface area contributed by atoms with E-state index in [2.05, 4.69) is 22.3 Å². The monoisotopic (exact) mass is 268 g/mol. The third kappa shape index (κ3) is 3.23. The number of rotatable bonds is 3. The minimum Gasteiger partial charge on any atom is -0.370 e. The summed E-state index contributed by atoms with van der Waals surface area (Å²) in [6.07, 6.45) is 0.718. The Kier molecular flexibility index (Phi) is 4.24. The van der Waals surface area contributed by atoms with Gasteiger partial charge in [-0.3, -0.25) is 0 Å². The second-order valence-corrected chi connectivity index (χ2v) is 6.96. The minimum absolute atomic E-state index is 0.265. The maximum Gasteiger partial charge on any atom is 0.152 e. The third-order valence-corrected chi connectivity index (χ3v) is 4.97. The van der Waals surface area contributed by atoms with Crippen LogP contribution >= 0.6 is 0 Å². The van der Waals surface area contributed by atoms with Gasteiger partial charge in [-0.05, 0) is 25.1 Å². The molecular weight excluding hydrogens is 248 g/mol. The molecule has 1 fully saturated rings. The molecule has 18 heavy (non-hydrogen) atoms. The van der Waals surface area contributed by atoms with Crippen LogP contribution in [-0.2, 0) is 16.4 Å². The van der Waals surface area contributed by atoms with Gasteiger partial charge in [0.25, 0.3) is 0 Å². The van der Waals surface area contributed by atoms with Gasteiger partial charge in [0.05, 0.1) is 11.5 Å². The second-order valence-electron chi connectivity index (χ2n) is 4.65. The number of benzene rings is 1. The lowest BCUT2D eigenvalue weighted by Crippen LogP contribution is -2.28. The molecular formula is C13H20N2O2S. The van der Waals surface area contributed by atoms with Crippen molar-refractivity contribution in [1.82, 2.24) is 5.32 Å². The molecule has 0 aliphatic carbocycles. The molecule has 0 aromatic heterocycles. The van der Waals surface area contributed by atoms with Gasteiger partial charge in [-0.1, -0.05) is 18.2 Å². The van der Waals surface area contributed by atoms with E-state index in [4.69, 9.17) is 0 Å². The largest absolute Gasteiger partial charge is 0.370 e. The van der Waals surface area contributed by atoms with Gasteiger partial charge < -0.3 is 10.2 Å². The second kappa shape index (κ2) is 5.71. The van der Waals surface area contributed by atoms with Crippen molar-refractivity contribution >= 4 is 15.5 Å². The molecule has 0 amide bonds. The maximum atomic E-state index is 11.6. The molecule has 1 N–H and O–H groups in total. The normalized spacial score (nSPS) is 19.5. The summed E-state index contributed by atoms with van der Waals surface area (Å²) in [5.41, 5.74) is 2.38. The van der Waals surface area contributed by atoms with Crippen LogP contribution in [0, 0.1) is 0 Å². The van der Waals surface area contributed by atoms with Crippen LogP contribution in [-0.4, -0.2) is 40.1 Å². The van der Waals surface area contributed by atoms with Crippen molar-refractivity contribution in [1.29, 1.82) is 0 Å². The van der Waals surface area contributed by atoms with Crippen molar-refractivity contribution in [2.75, 3.05) is 36.5 Å². The van der Waals surface area contributed by atoms with E-state index >= 15 is 0 Å². The summed E-state index contributed by atoms with van der Waals surface area (Å²) in [6.45, 7) is 2.22. The van der Waals surface area contributed by atoms with Gasteiger partial charge in [-0.2, -0.15) is 0 Å². The predicted molar refractivity (Wildman–Crippen MR) is 74.7 cm³/mol. The molecule has 2 rings (SSSR count). The number of sulfone groups is 1. The molecule has 1 aliphatic rings. The Labute approximate surface area is 109 Å². The number of hydrogen-bond acceptors (Lipinski definition) is 4. The Morgan fingerprint density at radius 2 is 2.00 bits per heavy atom. The first kappa shape index (κ1) is 13.4. The van der Waals surface area contributed by atoms with Crippen molar-refractivity contribution in [2.24, 2.45) is 0 Å². The Morgan fingerprint density at radius 3 is 2.78 bits per heavy atom. The molecule has 0 saturated carbocycles. The fourth-order valence-corrected chi connectivity index (χ4v) is 3.61. The van der Waals surface area contributed by atoms with Crippen LogP contribution in [0.1, 0.15) is 12.0 Å². The van der Waals surface area contributed by atoms with Crippen LogP contribution in [0.4, 0.5) is 5.69 Å². The fraction of sp³-hybridized carbons (Fsp3) is 0.538. The molecule has 0 atom stereocenters. The van der Waals surface area contributed by atoms with Gasteiger partial charge in [0.1, 0.15) is 0 Å². The Morgan fingerprint density at radius 1 is 1.22 bits per heavy atom. The highest BCUT2D eigenvalue weighted by Crippen LogP contribution is 2.22. The lowest BCUT2D eigenvalue weighted by atomic mass is 10.1. The van der Waals surface area contributed by atoms with Crippen LogP contribution in [0.15, 0.2) is 24.3 Å². The molecule has 0 unspecified atom stereocenters. The number of hydrogen-bond donors (Lipinski definition) is 1. The predicted octanol–water partition coefficient (Wildman–Crippen LogP) is 1.03. The quantitative estimate of drug-likeness (QED) is 0.889. The highest BCUT2D eigenvalue weighted by atomic mass is 32.2. The number of anilines is 1. The molecule has 4 nitrogen and oxygen atoms in total. The van der Waals surface area contributed by atoms with Crippen molar-refractivity contribution in [2.45, 2.75) is 13.0 Å².